The molecule has 82 valence electrons. The largest absolute Gasteiger partial charge is 0.459 e. The van der Waals surface area contributed by atoms with E-state index in [2.05, 4.69) is 9.97 Å². The van der Waals surface area contributed by atoms with Crippen molar-refractivity contribution in [2.24, 2.45) is 0 Å². The van der Waals surface area contributed by atoms with Crippen molar-refractivity contribution in [3.63, 3.8) is 0 Å². The average molecular weight is 222 g/mol. The molecule has 0 amide bonds. The lowest BCUT2D eigenvalue weighted by Crippen LogP contribution is -1.99. The lowest BCUT2D eigenvalue weighted by atomic mass is 10.2. The van der Waals surface area contributed by atoms with Gasteiger partial charge in [-0.1, -0.05) is 12.1 Å². The third-order valence-corrected chi connectivity index (χ3v) is 1.85. The zero-order valence-electron chi connectivity index (χ0n) is 8.23. The van der Waals surface area contributed by atoms with E-state index in [9.17, 15) is 8.78 Å². The highest BCUT2D eigenvalue weighted by molar-refractivity contribution is 5.15. The molecule has 0 radical (unpaired) electrons. The minimum absolute atomic E-state index is 0.0608. The number of hydrogen-bond donors (Lipinski definition) is 0. The van der Waals surface area contributed by atoms with Crippen LogP contribution in [0.15, 0.2) is 36.7 Å². The molecule has 0 bridgehead atoms. The monoisotopic (exact) mass is 222 g/mol. The Morgan fingerprint density at radius 2 is 1.81 bits per heavy atom. The van der Waals surface area contributed by atoms with Gasteiger partial charge in [0.2, 0.25) is 0 Å². The van der Waals surface area contributed by atoms with Gasteiger partial charge in [0, 0.05) is 0 Å². The molecule has 1 aromatic heterocycles. The molecule has 2 rings (SSSR count). The van der Waals surface area contributed by atoms with E-state index in [0.29, 0.717) is 5.56 Å². The number of benzene rings is 1. The van der Waals surface area contributed by atoms with Gasteiger partial charge in [-0.3, -0.25) is 0 Å². The molecule has 0 aliphatic heterocycles. The lowest BCUT2D eigenvalue weighted by Gasteiger charge is -2.03. The summed E-state index contributed by atoms with van der Waals surface area (Å²) in [5.41, 5.74) is 0.660. The Kier molecular flexibility index (Phi) is 3.05. The van der Waals surface area contributed by atoms with E-state index in [0.717, 1.165) is 12.4 Å². The Morgan fingerprint density at radius 1 is 1.06 bits per heavy atom. The van der Waals surface area contributed by atoms with E-state index in [-0.39, 0.29) is 18.4 Å². The molecule has 0 aliphatic carbocycles. The van der Waals surface area contributed by atoms with E-state index in [1.165, 1.54) is 12.1 Å². The van der Waals surface area contributed by atoms with Gasteiger partial charge in [-0.25, -0.2) is 18.7 Å². The topological polar surface area (TPSA) is 35.0 Å². The molecule has 3 nitrogen and oxygen atoms in total. The van der Waals surface area contributed by atoms with Gasteiger partial charge < -0.3 is 4.74 Å². The zero-order valence-corrected chi connectivity index (χ0v) is 8.23. The summed E-state index contributed by atoms with van der Waals surface area (Å²) in [4.78, 5) is 7.23. The fourth-order valence-corrected chi connectivity index (χ4v) is 1.15. The average Bonchev–Trinajstić information content (AvgIpc) is 2.28. The molecule has 0 unspecified atom stereocenters. The second-order valence-corrected chi connectivity index (χ2v) is 3.10. The van der Waals surface area contributed by atoms with Crippen LogP contribution in [0.1, 0.15) is 5.56 Å². The van der Waals surface area contributed by atoms with Crippen LogP contribution in [-0.2, 0) is 6.61 Å². The van der Waals surface area contributed by atoms with Gasteiger partial charge in [0.05, 0.1) is 12.4 Å². The van der Waals surface area contributed by atoms with Crippen molar-refractivity contribution in [1.29, 1.82) is 0 Å². The molecule has 0 fully saturated rings. The molecule has 0 spiro atoms. The second kappa shape index (κ2) is 4.65. The summed E-state index contributed by atoms with van der Waals surface area (Å²) in [5, 5.41) is 0. The van der Waals surface area contributed by atoms with Gasteiger partial charge in [0.15, 0.2) is 5.82 Å². The summed E-state index contributed by atoms with van der Waals surface area (Å²) >= 11 is 0. The fraction of sp³-hybridized carbons (Fsp3) is 0.0909. The van der Waals surface area contributed by atoms with Crippen molar-refractivity contribution in [3.05, 3.63) is 53.9 Å². The van der Waals surface area contributed by atoms with Crippen LogP contribution in [-0.4, -0.2) is 9.97 Å². The Morgan fingerprint density at radius 3 is 2.50 bits per heavy atom. The number of aromatic nitrogens is 2. The summed E-state index contributed by atoms with van der Waals surface area (Å²) < 4.78 is 30.4. The number of ether oxygens (including phenoxy) is 1. The van der Waals surface area contributed by atoms with Crippen molar-refractivity contribution in [2.45, 2.75) is 6.61 Å². The number of rotatable bonds is 3. The Bertz CT molecular complexity index is 474. The van der Waals surface area contributed by atoms with Crippen molar-refractivity contribution in [2.75, 3.05) is 0 Å². The van der Waals surface area contributed by atoms with Gasteiger partial charge in [-0.15, -0.1) is 0 Å². The van der Waals surface area contributed by atoms with Gasteiger partial charge in [0.25, 0.3) is 0 Å². The molecule has 0 aliphatic rings. The first-order valence-corrected chi connectivity index (χ1v) is 4.59. The molecule has 1 heterocycles. The van der Waals surface area contributed by atoms with E-state index in [4.69, 9.17) is 4.74 Å². The molecule has 5 heteroatoms. The highest BCUT2D eigenvalue weighted by atomic mass is 19.1. The van der Waals surface area contributed by atoms with Crippen LogP contribution in [0.5, 0.6) is 6.01 Å². The maximum absolute atomic E-state index is 12.8. The van der Waals surface area contributed by atoms with E-state index in [1.54, 1.807) is 12.1 Å². The smallest absolute Gasteiger partial charge is 0.316 e. The Labute approximate surface area is 90.7 Å². The first-order valence-electron chi connectivity index (χ1n) is 4.59. The summed E-state index contributed by atoms with van der Waals surface area (Å²) in [6.45, 7) is 0.142. The Balaban J connectivity index is 1.99. The highest BCUT2D eigenvalue weighted by Gasteiger charge is 2.00. The molecule has 0 saturated carbocycles. The molecule has 0 saturated heterocycles. The third kappa shape index (κ3) is 2.73. The zero-order chi connectivity index (χ0) is 11.4. The van der Waals surface area contributed by atoms with Gasteiger partial charge >= 0.3 is 6.01 Å². The van der Waals surface area contributed by atoms with E-state index >= 15 is 0 Å². The second-order valence-electron chi connectivity index (χ2n) is 3.10. The minimum Gasteiger partial charge on any atom is -0.459 e. The predicted molar refractivity (Wildman–Crippen MR) is 52.7 cm³/mol. The lowest BCUT2D eigenvalue weighted by molar-refractivity contribution is 0.278. The molecule has 0 N–H and O–H groups in total. The van der Waals surface area contributed by atoms with Crippen LogP contribution in [0.2, 0.25) is 0 Å². The standard InChI is InChI=1S/C11H8F2N2O/c12-9-3-1-2-8(4-9)7-16-11-14-5-10(13)6-15-11/h1-6H,7H2. The first-order chi connectivity index (χ1) is 7.74. The summed E-state index contributed by atoms with van der Waals surface area (Å²) in [5.74, 6) is -0.862. The van der Waals surface area contributed by atoms with Gasteiger partial charge in [-0.05, 0) is 17.7 Å². The SMILES string of the molecule is Fc1cnc(OCc2cccc(F)c2)nc1. The van der Waals surface area contributed by atoms with Crippen molar-refractivity contribution in [3.8, 4) is 6.01 Å². The molecule has 0 atom stereocenters. The van der Waals surface area contributed by atoms with Crippen LogP contribution in [0.3, 0.4) is 0 Å². The fourth-order valence-electron chi connectivity index (χ4n) is 1.15. The number of halogens is 2. The molecular weight excluding hydrogens is 214 g/mol. The first kappa shape index (κ1) is 10.5. The van der Waals surface area contributed by atoms with Crippen LogP contribution >= 0.6 is 0 Å². The number of hydrogen-bond acceptors (Lipinski definition) is 3. The molecule has 1 aromatic carbocycles. The van der Waals surface area contributed by atoms with Crippen molar-refractivity contribution >= 4 is 0 Å². The maximum Gasteiger partial charge on any atom is 0.316 e. The number of nitrogens with zero attached hydrogens (tertiary/aromatic N) is 2. The Hall–Kier alpha value is -2.04. The third-order valence-electron chi connectivity index (χ3n) is 1.85. The minimum atomic E-state index is -0.530. The van der Waals surface area contributed by atoms with Crippen LogP contribution < -0.4 is 4.74 Å². The highest BCUT2D eigenvalue weighted by Crippen LogP contribution is 2.07. The maximum atomic E-state index is 12.8. The summed E-state index contributed by atoms with van der Waals surface area (Å²) in [6.07, 6.45) is 2.02. The van der Waals surface area contributed by atoms with Crippen LogP contribution in [0.4, 0.5) is 8.78 Å². The van der Waals surface area contributed by atoms with E-state index in [1.807, 2.05) is 0 Å². The molecule has 16 heavy (non-hydrogen) atoms. The van der Waals surface area contributed by atoms with Crippen LogP contribution in [0.25, 0.3) is 0 Å². The van der Waals surface area contributed by atoms with Gasteiger partial charge in [-0.2, -0.15) is 0 Å². The summed E-state index contributed by atoms with van der Waals surface area (Å²) in [6, 6.07) is 6.05. The quantitative estimate of drug-likeness (QED) is 0.799. The van der Waals surface area contributed by atoms with Crippen molar-refractivity contribution < 1.29 is 13.5 Å². The predicted octanol–water partition coefficient (Wildman–Crippen LogP) is 2.33. The molecular formula is C11H8F2N2O. The van der Waals surface area contributed by atoms with Crippen LogP contribution in [0, 0.1) is 11.6 Å². The van der Waals surface area contributed by atoms with Gasteiger partial charge in [0.1, 0.15) is 12.4 Å². The van der Waals surface area contributed by atoms with E-state index < -0.39 is 5.82 Å². The van der Waals surface area contributed by atoms with Crippen molar-refractivity contribution in [1.82, 2.24) is 9.97 Å². The normalized spacial score (nSPS) is 10.1. The molecule has 2 aromatic rings. The summed E-state index contributed by atoms with van der Waals surface area (Å²) in [7, 11) is 0.